The van der Waals surface area contributed by atoms with Crippen LogP contribution in [0.1, 0.15) is 0 Å². The fourth-order valence-electron chi connectivity index (χ4n) is 0.811. The second kappa shape index (κ2) is 2.29. The first-order valence-electron chi connectivity index (χ1n) is 2.89. The molecule has 2 N–H and O–H groups in total. The standard InChI is InChI=1S/C5H4IN5/c6-4-1-3-5(7)8-2-9-11(3)10-4/h1-2H,(H2,7,8,9). The van der Waals surface area contributed by atoms with Crippen LogP contribution in [0.2, 0.25) is 0 Å². The third-order valence-corrected chi connectivity index (χ3v) is 1.81. The lowest BCUT2D eigenvalue weighted by Gasteiger charge is -1.91. The first-order chi connectivity index (χ1) is 5.27. The molecule has 0 aromatic carbocycles. The Kier molecular flexibility index (Phi) is 1.41. The zero-order valence-corrected chi connectivity index (χ0v) is 7.56. The first kappa shape index (κ1) is 6.77. The summed E-state index contributed by atoms with van der Waals surface area (Å²) in [7, 11) is 0. The molecule has 0 aliphatic carbocycles. The predicted octanol–water partition coefficient (Wildman–Crippen LogP) is 0.311. The van der Waals surface area contributed by atoms with Gasteiger partial charge in [0.2, 0.25) is 0 Å². The van der Waals surface area contributed by atoms with Crippen molar-refractivity contribution in [2.24, 2.45) is 0 Å². The van der Waals surface area contributed by atoms with Crippen molar-refractivity contribution in [3.8, 4) is 0 Å². The lowest BCUT2D eigenvalue weighted by molar-refractivity contribution is 0.776. The van der Waals surface area contributed by atoms with Gasteiger partial charge in [-0.1, -0.05) is 0 Å². The summed E-state index contributed by atoms with van der Waals surface area (Å²) >= 11 is 2.09. The lowest BCUT2D eigenvalue weighted by atomic mass is 10.5. The number of aromatic nitrogens is 4. The number of halogens is 1. The van der Waals surface area contributed by atoms with Crippen LogP contribution in [-0.4, -0.2) is 19.8 Å². The number of rotatable bonds is 0. The highest BCUT2D eigenvalue weighted by Gasteiger charge is 2.01. The van der Waals surface area contributed by atoms with E-state index in [4.69, 9.17) is 5.73 Å². The van der Waals surface area contributed by atoms with Crippen LogP contribution in [0.4, 0.5) is 5.82 Å². The minimum atomic E-state index is 0.454. The molecule has 0 saturated carbocycles. The summed E-state index contributed by atoms with van der Waals surface area (Å²) < 4.78 is 2.32. The summed E-state index contributed by atoms with van der Waals surface area (Å²) in [6.07, 6.45) is 1.38. The van der Waals surface area contributed by atoms with Gasteiger partial charge in [-0.2, -0.15) is 0 Å². The highest BCUT2D eigenvalue weighted by molar-refractivity contribution is 14.1. The summed E-state index contributed by atoms with van der Waals surface area (Å²) in [5, 5.41) is 7.92. The van der Waals surface area contributed by atoms with Gasteiger partial charge < -0.3 is 5.73 Å². The van der Waals surface area contributed by atoms with Crippen molar-refractivity contribution in [1.29, 1.82) is 0 Å². The molecule has 0 saturated heterocycles. The first-order valence-corrected chi connectivity index (χ1v) is 3.97. The van der Waals surface area contributed by atoms with Gasteiger partial charge in [0.05, 0.1) is 0 Å². The van der Waals surface area contributed by atoms with Crippen molar-refractivity contribution >= 4 is 33.9 Å². The van der Waals surface area contributed by atoms with E-state index in [0.29, 0.717) is 5.82 Å². The zero-order valence-electron chi connectivity index (χ0n) is 5.40. The van der Waals surface area contributed by atoms with Crippen molar-refractivity contribution in [3.63, 3.8) is 0 Å². The monoisotopic (exact) mass is 261 g/mol. The Hall–Kier alpha value is -0.920. The molecule has 2 rings (SSSR count). The van der Waals surface area contributed by atoms with Crippen LogP contribution in [-0.2, 0) is 0 Å². The SMILES string of the molecule is Nc1ncnn2nc(I)cc12. The number of nitrogen functional groups attached to an aromatic ring is 1. The van der Waals surface area contributed by atoms with Crippen LogP contribution < -0.4 is 5.73 Å². The molecule has 0 unspecified atom stereocenters. The maximum Gasteiger partial charge on any atom is 0.153 e. The van der Waals surface area contributed by atoms with Gasteiger partial charge in [0.15, 0.2) is 5.82 Å². The molecule has 0 aliphatic heterocycles. The van der Waals surface area contributed by atoms with E-state index < -0.39 is 0 Å². The van der Waals surface area contributed by atoms with E-state index in [0.717, 1.165) is 9.22 Å². The van der Waals surface area contributed by atoms with Crippen molar-refractivity contribution in [2.45, 2.75) is 0 Å². The highest BCUT2D eigenvalue weighted by atomic mass is 127. The third-order valence-electron chi connectivity index (χ3n) is 1.28. The quantitative estimate of drug-likeness (QED) is 0.693. The minimum Gasteiger partial charge on any atom is -0.382 e. The Morgan fingerprint density at radius 2 is 2.36 bits per heavy atom. The van der Waals surface area contributed by atoms with Crippen LogP contribution in [0.3, 0.4) is 0 Å². The molecule has 0 radical (unpaired) electrons. The average Bonchev–Trinajstić information content (AvgIpc) is 2.31. The number of nitrogens with two attached hydrogens (primary N) is 1. The van der Waals surface area contributed by atoms with Gasteiger partial charge in [-0.3, -0.25) is 0 Å². The highest BCUT2D eigenvalue weighted by Crippen LogP contribution is 2.10. The maximum absolute atomic E-state index is 5.55. The normalized spacial score (nSPS) is 10.6. The van der Waals surface area contributed by atoms with Gasteiger partial charge in [0.1, 0.15) is 15.5 Å². The Morgan fingerprint density at radius 3 is 3.09 bits per heavy atom. The van der Waals surface area contributed by atoms with E-state index in [1.165, 1.54) is 11.0 Å². The molecule has 6 heteroatoms. The Balaban J connectivity index is 2.90. The molecule has 0 spiro atoms. The number of nitrogens with zero attached hydrogens (tertiary/aromatic N) is 4. The molecule has 11 heavy (non-hydrogen) atoms. The summed E-state index contributed by atoms with van der Waals surface area (Å²) in [5.41, 5.74) is 6.30. The summed E-state index contributed by atoms with van der Waals surface area (Å²) in [6.45, 7) is 0. The average molecular weight is 261 g/mol. The Bertz CT molecular complexity index is 395. The smallest absolute Gasteiger partial charge is 0.153 e. The van der Waals surface area contributed by atoms with Crippen molar-refractivity contribution < 1.29 is 0 Å². The second-order valence-corrected chi connectivity index (χ2v) is 3.09. The van der Waals surface area contributed by atoms with E-state index >= 15 is 0 Å². The van der Waals surface area contributed by atoms with Gasteiger partial charge >= 0.3 is 0 Å². The van der Waals surface area contributed by atoms with Crippen LogP contribution >= 0.6 is 22.6 Å². The molecular formula is C5H4IN5. The molecular weight excluding hydrogens is 257 g/mol. The molecule has 2 heterocycles. The lowest BCUT2D eigenvalue weighted by Crippen LogP contribution is -1.99. The van der Waals surface area contributed by atoms with E-state index in [1.807, 2.05) is 6.07 Å². The summed E-state index contributed by atoms with van der Waals surface area (Å²) in [5.74, 6) is 0.454. The summed E-state index contributed by atoms with van der Waals surface area (Å²) in [4.78, 5) is 3.82. The molecule has 2 aromatic rings. The maximum atomic E-state index is 5.55. The van der Waals surface area contributed by atoms with Crippen molar-refractivity contribution in [2.75, 3.05) is 5.73 Å². The number of hydrogen-bond donors (Lipinski definition) is 1. The van der Waals surface area contributed by atoms with Gasteiger partial charge in [0.25, 0.3) is 0 Å². The molecule has 2 aromatic heterocycles. The molecule has 0 amide bonds. The fraction of sp³-hybridized carbons (Fsp3) is 0. The van der Waals surface area contributed by atoms with Gasteiger partial charge in [0, 0.05) is 6.07 Å². The molecule has 5 nitrogen and oxygen atoms in total. The van der Waals surface area contributed by atoms with Gasteiger partial charge in [-0.25, -0.2) is 4.98 Å². The van der Waals surface area contributed by atoms with Gasteiger partial charge in [-0.15, -0.1) is 14.8 Å². The Labute approximate surface area is 75.7 Å². The van der Waals surface area contributed by atoms with Crippen LogP contribution in [0.15, 0.2) is 12.4 Å². The predicted molar refractivity (Wildman–Crippen MR) is 47.9 cm³/mol. The number of hydrogen-bond acceptors (Lipinski definition) is 4. The van der Waals surface area contributed by atoms with E-state index in [-0.39, 0.29) is 0 Å². The summed E-state index contributed by atoms with van der Waals surface area (Å²) in [6, 6.07) is 1.83. The fourth-order valence-corrected chi connectivity index (χ4v) is 1.31. The molecule has 0 bridgehead atoms. The number of anilines is 1. The van der Waals surface area contributed by atoms with Gasteiger partial charge in [-0.05, 0) is 22.6 Å². The number of fused-ring (bicyclic) bond motifs is 1. The molecule has 56 valence electrons. The van der Waals surface area contributed by atoms with Crippen LogP contribution in [0.25, 0.3) is 5.52 Å². The Morgan fingerprint density at radius 1 is 1.55 bits per heavy atom. The second-order valence-electron chi connectivity index (χ2n) is 1.99. The van der Waals surface area contributed by atoms with Crippen molar-refractivity contribution in [3.05, 3.63) is 16.1 Å². The van der Waals surface area contributed by atoms with E-state index in [9.17, 15) is 0 Å². The largest absolute Gasteiger partial charge is 0.382 e. The van der Waals surface area contributed by atoms with E-state index in [1.54, 1.807) is 0 Å². The molecule has 0 fully saturated rings. The van der Waals surface area contributed by atoms with Crippen LogP contribution in [0.5, 0.6) is 0 Å². The topological polar surface area (TPSA) is 69.1 Å². The minimum absolute atomic E-state index is 0.454. The molecule has 0 atom stereocenters. The zero-order chi connectivity index (χ0) is 7.84. The van der Waals surface area contributed by atoms with Crippen LogP contribution in [0, 0.1) is 3.70 Å². The van der Waals surface area contributed by atoms with Crippen molar-refractivity contribution in [1.82, 2.24) is 19.8 Å². The van der Waals surface area contributed by atoms with E-state index in [2.05, 4.69) is 37.8 Å². The molecule has 0 aliphatic rings. The third kappa shape index (κ3) is 1.02.